The number of nitrogens with one attached hydrogen (secondary N) is 1. The summed E-state index contributed by atoms with van der Waals surface area (Å²) < 4.78 is 4.84. The summed E-state index contributed by atoms with van der Waals surface area (Å²) in [6.07, 6.45) is -0.179. The van der Waals surface area contributed by atoms with Crippen molar-refractivity contribution in [2.75, 3.05) is 26.2 Å². The first-order valence-corrected chi connectivity index (χ1v) is 6.27. The zero-order valence-corrected chi connectivity index (χ0v) is 10.9. The van der Waals surface area contributed by atoms with E-state index in [0.717, 1.165) is 0 Å². The van der Waals surface area contributed by atoms with Gasteiger partial charge in [-0.3, -0.25) is 4.90 Å². The Bertz CT molecular complexity index is 314. The molecule has 0 spiro atoms. The first-order valence-electron chi connectivity index (χ1n) is 6.27. The number of rotatable bonds is 4. The van der Waals surface area contributed by atoms with Crippen LogP contribution in [0.4, 0.5) is 4.79 Å². The summed E-state index contributed by atoms with van der Waals surface area (Å²) in [4.78, 5) is 13.3. The second-order valence-corrected chi connectivity index (χ2v) is 4.65. The lowest BCUT2D eigenvalue weighted by atomic mass is 9.90. The summed E-state index contributed by atoms with van der Waals surface area (Å²) in [5, 5.41) is 21.2. The number of ether oxygens (including phenoxy) is 1. The number of piperidine rings is 1. The van der Waals surface area contributed by atoms with Crippen molar-refractivity contribution in [2.45, 2.75) is 32.4 Å². The van der Waals surface area contributed by atoms with E-state index in [2.05, 4.69) is 11.4 Å². The summed E-state index contributed by atoms with van der Waals surface area (Å²) >= 11 is 0. The van der Waals surface area contributed by atoms with Crippen molar-refractivity contribution in [1.29, 1.82) is 5.26 Å². The molecule has 102 valence electrons. The van der Waals surface area contributed by atoms with Crippen molar-refractivity contribution >= 4 is 6.09 Å². The van der Waals surface area contributed by atoms with Gasteiger partial charge in [-0.25, -0.2) is 4.79 Å². The van der Waals surface area contributed by atoms with Gasteiger partial charge in [0, 0.05) is 19.1 Å². The zero-order valence-electron chi connectivity index (χ0n) is 10.9. The van der Waals surface area contributed by atoms with Gasteiger partial charge in [-0.1, -0.05) is 0 Å². The van der Waals surface area contributed by atoms with Crippen LogP contribution in [0, 0.1) is 17.2 Å². The average molecular weight is 255 g/mol. The second kappa shape index (κ2) is 7.19. The summed E-state index contributed by atoms with van der Waals surface area (Å²) in [5.41, 5.74) is 0. The van der Waals surface area contributed by atoms with E-state index in [1.54, 1.807) is 13.8 Å². The van der Waals surface area contributed by atoms with Crippen LogP contribution in [0.3, 0.4) is 0 Å². The van der Waals surface area contributed by atoms with Crippen molar-refractivity contribution in [3.05, 3.63) is 0 Å². The summed E-state index contributed by atoms with van der Waals surface area (Å²) in [6.45, 7) is 5.44. The number of nitriles is 1. The van der Waals surface area contributed by atoms with Gasteiger partial charge in [0.2, 0.25) is 0 Å². The maximum absolute atomic E-state index is 11.4. The Morgan fingerprint density at radius 2 is 2.39 bits per heavy atom. The normalized spacial score (nSPS) is 26.1. The van der Waals surface area contributed by atoms with Gasteiger partial charge in [-0.2, -0.15) is 5.26 Å². The van der Waals surface area contributed by atoms with E-state index in [9.17, 15) is 9.90 Å². The monoisotopic (exact) mass is 255 g/mol. The van der Waals surface area contributed by atoms with Crippen molar-refractivity contribution in [2.24, 2.45) is 5.92 Å². The van der Waals surface area contributed by atoms with E-state index in [4.69, 9.17) is 10.00 Å². The van der Waals surface area contributed by atoms with Crippen LogP contribution in [-0.4, -0.2) is 54.5 Å². The number of aliphatic hydroxyl groups excluding tert-OH is 1. The van der Waals surface area contributed by atoms with Gasteiger partial charge in [0.05, 0.1) is 25.3 Å². The minimum atomic E-state index is -0.446. The molecular formula is C12H21N3O3. The lowest BCUT2D eigenvalue weighted by Gasteiger charge is -2.37. The van der Waals surface area contributed by atoms with Crippen LogP contribution in [0.25, 0.3) is 0 Å². The minimum absolute atomic E-state index is 0.0685. The number of alkyl carbamates (subject to hydrolysis) is 1. The fourth-order valence-corrected chi connectivity index (χ4v) is 2.25. The number of likely N-dealkylation sites (tertiary alicyclic amines) is 1. The largest absolute Gasteiger partial charge is 0.450 e. The van der Waals surface area contributed by atoms with Crippen molar-refractivity contribution in [3.8, 4) is 6.07 Å². The van der Waals surface area contributed by atoms with Gasteiger partial charge in [0.15, 0.2) is 0 Å². The quantitative estimate of drug-likeness (QED) is 0.707. The third-order valence-corrected chi connectivity index (χ3v) is 3.13. The Morgan fingerprint density at radius 3 is 2.94 bits per heavy atom. The Balaban J connectivity index is 2.55. The number of carbonyl (C=O) groups excluding carboxylic acids is 1. The molecule has 0 aliphatic carbocycles. The van der Waals surface area contributed by atoms with Gasteiger partial charge in [0.1, 0.15) is 0 Å². The van der Waals surface area contributed by atoms with Crippen LogP contribution in [0.2, 0.25) is 0 Å². The predicted molar refractivity (Wildman–Crippen MR) is 65.8 cm³/mol. The van der Waals surface area contributed by atoms with Crippen LogP contribution in [0.15, 0.2) is 0 Å². The fraction of sp³-hybridized carbons (Fsp3) is 0.833. The molecule has 3 unspecified atom stereocenters. The Hall–Kier alpha value is -1.32. The maximum Gasteiger partial charge on any atom is 0.407 e. The Morgan fingerprint density at radius 1 is 1.67 bits per heavy atom. The molecule has 0 aromatic carbocycles. The Kier molecular flexibility index (Phi) is 5.89. The van der Waals surface area contributed by atoms with E-state index in [-0.39, 0.29) is 12.0 Å². The lowest BCUT2D eigenvalue weighted by molar-refractivity contribution is 0.0514. The number of hydrogen-bond donors (Lipinski definition) is 2. The number of hydrogen-bond acceptors (Lipinski definition) is 5. The molecule has 1 heterocycles. The number of amides is 1. The van der Waals surface area contributed by atoms with E-state index in [1.807, 2.05) is 4.90 Å². The molecule has 0 saturated carbocycles. The first-order chi connectivity index (χ1) is 8.56. The predicted octanol–water partition coefficient (Wildman–Crippen LogP) is 0.327. The molecule has 1 fully saturated rings. The molecule has 0 aromatic rings. The van der Waals surface area contributed by atoms with E-state index >= 15 is 0 Å². The van der Waals surface area contributed by atoms with Gasteiger partial charge in [0.25, 0.3) is 0 Å². The molecule has 1 saturated heterocycles. The fourth-order valence-electron chi connectivity index (χ4n) is 2.25. The minimum Gasteiger partial charge on any atom is -0.450 e. The van der Waals surface area contributed by atoms with Crippen molar-refractivity contribution < 1.29 is 14.6 Å². The molecule has 1 amide bonds. The molecule has 1 aliphatic heterocycles. The van der Waals surface area contributed by atoms with Gasteiger partial charge in [-0.15, -0.1) is 0 Å². The molecule has 0 bridgehead atoms. The summed E-state index contributed by atoms with van der Waals surface area (Å²) in [6, 6.07) is 2.02. The highest BCUT2D eigenvalue weighted by Gasteiger charge is 2.30. The van der Waals surface area contributed by atoms with Crippen molar-refractivity contribution in [1.82, 2.24) is 10.2 Å². The smallest absolute Gasteiger partial charge is 0.407 e. The molecular weight excluding hydrogens is 234 g/mol. The maximum atomic E-state index is 11.4. The zero-order chi connectivity index (χ0) is 13.5. The highest BCUT2D eigenvalue weighted by atomic mass is 16.5. The van der Waals surface area contributed by atoms with Crippen LogP contribution in [0.1, 0.15) is 20.3 Å². The van der Waals surface area contributed by atoms with Crippen LogP contribution in [-0.2, 0) is 4.74 Å². The average Bonchev–Trinajstić information content (AvgIpc) is 2.29. The molecule has 6 heteroatoms. The highest BCUT2D eigenvalue weighted by molar-refractivity contribution is 5.67. The molecule has 18 heavy (non-hydrogen) atoms. The Labute approximate surface area is 108 Å². The van der Waals surface area contributed by atoms with E-state index < -0.39 is 12.2 Å². The lowest BCUT2D eigenvalue weighted by Crippen LogP contribution is -2.52. The number of aliphatic hydroxyl groups is 1. The molecule has 1 aliphatic rings. The van der Waals surface area contributed by atoms with Crippen LogP contribution in [0.5, 0.6) is 0 Å². The molecule has 1 rings (SSSR count). The first kappa shape index (κ1) is 14.7. The van der Waals surface area contributed by atoms with Crippen molar-refractivity contribution in [3.63, 3.8) is 0 Å². The topological polar surface area (TPSA) is 85.6 Å². The molecule has 0 radical (unpaired) electrons. The third kappa shape index (κ3) is 4.51. The summed E-state index contributed by atoms with van der Waals surface area (Å²) in [7, 11) is 0. The van der Waals surface area contributed by atoms with Gasteiger partial charge >= 0.3 is 6.09 Å². The SMILES string of the molecule is CCOC(=O)NC1CC(C(C)O)CN(CC#N)C1. The standard InChI is InChI=1S/C12H21N3O3/c1-3-18-12(17)14-11-6-10(9(2)16)7-15(8-11)5-4-13/h9-11,16H,3,5-8H2,1-2H3,(H,14,17). The van der Waals surface area contributed by atoms with Gasteiger partial charge in [-0.05, 0) is 26.2 Å². The van der Waals surface area contributed by atoms with Crippen LogP contribution < -0.4 is 5.32 Å². The van der Waals surface area contributed by atoms with Crippen LogP contribution >= 0.6 is 0 Å². The second-order valence-electron chi connectivity index (χ2n) is 4.65. The number of carbonyl (C=O) groups is 1. The van der Waals surface area contributed by atoms with E-state index in [0.29, 0.717) is 32.7 Å². The third-order valence-electron chi connectivity index (χ3n) is 3.13. The molecule has 6 nitrogen and oxygen atoms in total. The molecule has 0 aromatic heterocycles. The van der Waals surface area contributed by atoms with Gasteiger partial charge < -0.3 is 15.2 Å². The van der Waals surface area contributed by atoms with E-state index in [1.165, 1.54) is 0 Å². The molecule has 2 N–H and O–H groups in total. The molecule has 3 atom stereocenters. The highest BCUT2D eigenvalue weighted by Crippen LogP contribution is 2.20. The summed E-state index contributed by atoms with van der Waals surface area (Å²) in [5.74, 6) is 0.0685. The number of nitrogens with zero attached hydrogens (tertiary/aromatic N) is 2.